The molecule has 1 saturated heterocycles. The summed E-state index contributed by atoms with van der Waals surface area (Å²) in [4.78, 5) is 53.7. The van der Waals surface area contributed by atoms with Gasteiger partial charge in [0.15, 0.2) is 5.96 Å². The molecule has 2 rings (SSSR count). The molecule has 0 spiro atoms. The zero-order valence-electron chi connectivity index (χ0n) is 23.7. The third kappa shape index (κ3) is 11.4. The Labute approximate surface area is 241 Å². The van der Waals surface area contributed by atoms with Crippen molar-refractivity contribution in [1.82, 2.24) is 26.2 Å². The maximum absolute atomic E-state index is 13.7. The fourth-order valence-electron chi connectivity index (χ4n) is 4.76. The van der Waals surface area contributed by atoms with Crippen molar-refractivity contribution < 1.29 is 19.2 Å². The standard InChI is InChI=1S/C28H43N9O4/c1-19(38)34-22(12-5-6-14-29)25(39)36-24(17-20-9-3-2-4-10-20)26(40)35-23(13-7-15-33-28(31)32)27(41)37-16-8-11-21(37)18-30/h2-4,9-10,21-24H,5-8,11-17,29H2,1H3,(H,34,38)(H,35,40)(H,36,39)(H4,31,32,33). The summed E-state index contributed by atoms with van der Waals surface area (Å²) in [5.41, 5.74) is 11.7. The van der Waals surface area contributed by atoms with E-state index in [0.717, 1.165) is 5.56 Å². The number of benzene rings is 1. The summed E-state index contributed by atoms with van der Waals surface area (Å²) in [6.45, 7) is 2.51. The Balaban J connectivity index is 2.26. The molecule has 0 bridgehead atoms. The smallest absolute Gasteiger partial charge is 0.246 e. The Bertz CT molecular complexity index is 1080. The van der Waals surface area contributed by atoms with E-state index in [1.807, 2.05) is 30.3 Å². The fourth-order valence-corrected chi connectivity index (χ4v) is 4.76. The van der Waals surface area contributed by atoms with Crippen LogP contribution in [-0.4, -0.2) is 78.3 Å². The molecule has 41 heavy (non-hydrogen) atoms. The van der Waals surface area contributed by atoms with E-state index in [9.17, 15) is 24.4 Å². The zero-order valence-corrected chi connectivity index (χ0v) is 23.7. The summed E-state index contributed by atoms with van der Waals surface area (Å²) < 4.78 is 0. The number of unbranched alkanes of at least 4 members (excludes halogenated alkanes) is 1. The second-order valence-corrected chi connectivity index (χ2v) is 10.2. The quantitative estimate of drug-likeness (QED) is 0.0787. The highest BCUT2D eigenvalue weighted by Crippen LogP contribution is 2.19. The van der Waals surface area contributed by atoms with Crippen molar-refractivity contribution in [2.45, 2.75) is 82.5 Å². The van der Waals surface area contributed by atoms with Gasteiger partial charge in [-0.15, -0.1) is 0 Å². The topological polar surface area (TPSA) is 219 Å². The summed E-state index contributed by atoms with van der Waals surface area (Å²) in [7, 11) is 0. The van der Waals surface area contributed by atoms with Crippen LogP contribution < -0.4 is 32.7 Å². The molecule has 1 fully saturated rings. The van der Waals surface area contributed by atoms with Crippen LogP contribution in [0.1, 0.15) is 57.4 Å². The monoisotopic (exact) mass is 569 g/mol. The van der Waals surface area contributed by atoms with E-state index in [4.69, 9.17) is 16.9 Å². The molecule has 1 heterocycles. The van der Waals surface area contributed by atoms with E-state index < -0.39 is 36.0 Å². The van der Waals surface area contributed by atoms with Gasteiger partial charge in [0, 0.05) is 26.4 Å². The molecule has 4 unspecified atom stereocenters. The largest absolute Gasteiger partial charge is 0.370 e. The first-order valence-electron chi connectivity index (χ1n) is 14.1. The minimum atomic E-state index is -1.04. The maximum atomic E-state index is 13.7. The fraction of sp³-hybridized carbons (Fsp3) is 0.571. The summed E-state index contributed by atoms with van der Waals surface area (Å²) in [5, 5.41) is 27.8. The number of amides is 4. The zero-order chi connectivity index (χ0) is 30.2. The number of likely N-dealkylation sites (tertiary alicyclic amines) is 1. The van der Waals surface area contributed by atoms with Crippen LogP contribution in [0.4, 0.5) is 0 Å². The number of hydrogen-bond donors (Lipinski definition) is 7. The molecular weight excluding hydrogens is 526 g/mol. The van der Waals surface area contributed by atoms with E-state index in [0.29, 0.717) is 58.2 Å². The highest BCUT2D eigenvalue weighted by Gasteiger charge is 2.35. The molecule has 13 heteroatoms. The second kappa shape index (κ2) is 17.5. The van der Waals surface area contributed by atoms with Gasteiger partial charge in [-0.25, -0.2) is 0 Å². The van der Waals surface area contributed by atoms with Crippen molar-refractivity contribution in [3.63, 3.8) is 0 Å². The third-order valence-electron chi connectivity index (χ3n) is 6.84. The molecule has 0 aliphatic carbocycles. The molecule has 4 amide bonds. The minimum absolute atomic E-state index is 0.158. The summed E-state index contributed by atoms with van der Waals surface area (Å²) in [5.74, 6) is -2.01. The molecule has 0 aromatic heterocycles. The predicted octanol–water partition coefficient (Wildman–Crippen LogP) is -0.390. The van der Waals surface area contributed by atoms with Crippen LogP contribution in [-0.2, 0) is 25.6 Å². The lowest BCUT2D eigenvalue weighted by Crippen LogP contribution is -2.58. The van der Waals surface area contributed by atoms with E-state index in [-0.39, 0.29) is 30.6 Å². The number of carbonyl (C=O) groups excluding carboxylic acids is 4. The van der Waals surface area contributed by atoms with Crippen molar-refractivity contribution in [2.75, 3.05) is 19.6 Å². The Morgan fingerprint density at radius 1 is 1.02 bits per heavy atom. The van der Waals surface area contributed by atoms with Crippen molar-refractivity contribution >= 4 is 29.6 Å². The van der Waals surface area contributed by atoms with Crippen molar-refractivity contribution in [3.05, 3.63) is 35.9 Å². The summed E-state index contributed by atoms with van der Waals surface area (Å²) in [6, 6.07) is 7.90. The van der Waals surface area contributed by atoms with Crippen molar-refractivity contribution in [2.24, 2.45) is 11.5 Å². The Kier molecular flexibility index (Phi) is 14.1. The number of nitrogens with one attached hydrogen (secondary N) is 5. The lowest BCUT2D eigenvalue weighted by atomic mass is 10.0. The molecule has 1 aliphatic rings. The minimum Gasteiger partial charge on any atom is -0.370 e. The van der Waals surface area contributed by atoms with Gasteiger partial charge in [0.2, 0.25) is 23.6 Å². The Hall–Kier alpha value is -4.18. The molecule has 13 nitrogen and oxygen atoms in total. The SMILES string of the molecule is CC(=O)NC(CCCCN)C(=O)NC(Cc1ccccc1)C(=O)NC(CCCNC(=N)N)C(=O)N1CCCC1C#N. The number of nitrogens with zero attached hydrogens (tertiary/aromatic N) is 2. The Morgan fingerprint density at radius 2 is 1.68 bits per heavy atom. The number of hydrogen-bond acceptors (Lipinski definition) is 7. The van der Waals surface area contributed by atoms with Gasteiger partial charge in [-0.3, -0.25) is 24.6 Å². The van der Waals surface area contributed by atoms with Gasteiger partial charge < -0.3 is 37.6 Å². The molecule has 9 N–H and O–H groups in total. The third-order valence-corrected chi connectivity index (χ3v) is 6.84. The summed E-state index contributed by atoms with van der Waals surface area (Å²) in [6.07, 6.45) is 3.73. The average molecular weight is 570 g/mol. The first-order chi connectivity index (χ1) is 19.7. The molecule has 0 radical (unpaired) electrons. The second-order valence-electron chi connectivity index (χ2n) is 10.2. The molecule has 4 atom stereocenters. The van der Waals surface area contributed by atoms with Crippen LogP contribution in [0.25, 0.3) is 0 Å². The first-order valence-corrected chi connectivity index (χ1v) is 14.1. The van der Waals surface area contributed by atoms with E-state index in [1.165, 1.54) is 11.8 Å². The van der Waals surface area contributed by atoms with E-state index >= 15 is 0 Å². The number of guanidine groups is 1. The van der Waals surface area contributed by atoms with Crippen LogP contribution in [0.15, 0.2) is 30.3 Å². The van der Waals surface area contributed by atoms with Crippen LogP contribution in [0.3, 0.4) is 0 Å². The number of nitrogens with two attached hydrogens (primary N) is 2. The number of rotatable bonds is 16. The summed E-state index contributed by atoms with van der Waals surface area (Å²) >= 11 is 0. The highest BCUT2D eigenvalue weighted by atomic mass is 16.2. The molecule has 1 aromatic rings. The van der Waals surface area contributed by atoms with Crippen molar-refractivity contribution in [3.8, 4) is 6.07 Å². The van der Waals surface area contributed by atoms with Gasteiger partial charge in [-0.1, -0.05) is 30.3 Å². The first kappa shape index (κ1) is 33.0. The van der Waals surface area contributed by atoms with Crippen LogP contribution in [0, 0.1) is 16.7 Å². The van der Waals surface area contributed by atoms with Crippen molar-refractivity contribution in [1.29, 1.82) is 10.7 Å². The maximum Gasteiger partial charge on any atom is 0.246 e. The van der Waals surface area contributed by atoms with Gasteiger partial charge in [0.25, 0.3) is 0 Å². The molecule has 1 aliphatic heterocycles. The van der Waals surface area contributed by atoms with Crippen LogP contribution >= 0.6 is 0 Å². The van der Waals surface area contributed by atoms with E-state index in [1.54, 1.807) is 0 Å². The molecule has 224 valence electrons. The number of carbonyl (C=O) groups is 4. The van der Waals surface area contributed by atoms with Gasteiger partial charge in [0.05, 0.1) is 6.07 Å². The Morgan fingerprint density at radius 3 is 2.32 bits per heavy atom. The van der Waals surface area contributed by atoms with Crippen LogP contribution in [0.5, 0.6) is 0 Å². The lowest BCUT2D eigenvalue weighted by molar-refractivity contribution is -0.138. The van der Waals surface area contributed by atoms with Gasteiger partial charge in [-0.05, 0) is 57.1 Å². The van der Waals surface area contributed by atoms with Gasteiger partial charge in [-0.2, -0.15) is 5.26 Å². The molecule has 1 aromatic carbocycles. The number of nitriles is 1. The van der Waals surface area contributed by atoms with Gasteiger partial charge >= 0.3 is 0 Å². The van der Waals surface area contributed by atoms with Crippen LogP contribution in [0.2, 0.25) is 0 Å². The highest BCUT2D eigenvalue weighted by molar-refractivity contribution is 5.94. The normalized spacial score (nSPS) is 16.5. The van der Waals surface area contributed by atoms with Gasteiger partial charge in [0.1, 0.15) is 24.2 Å². The average Bonchev–Trinajstić information content (AvgIpc) is 3.42. The molecule has 0 saturated carbocycles. The predicted molar refractivity (Wildman–Crippen MR) is 154 cm³/mol. The molecular formula is C28H43N9O4. The lowest BCUT2D eigenvalue weighted by Gasteiger charge is -2.29. The van der Waals surface area contributed by atoms with E-state index in [2.05, 4.69) is 27.3 Å².